The highest BCUT2D eigenvalue weighted by Crippen LogP contribution is 2.48. The summed E-state index contributed by atoms with van der Waals surface area (Å²) in [6.07, 6.45) is 12.3. The second-order valence-corrected chi connectivity index (χ2v) is 20.6. The maximum Gasteiger partial charge on any atom is 0.301 e. The highest BCUT2D eigenvalue weighted by atomic mass is 35.5. The second-order valence-electron chi connectivity index (χ2n) is 20.2. The molecular weight excluding hydrogens is 885 g/mol. The highest BCUT2D eigenvalue weighted by molar-refractivity contribution is 6.33. The van der Waals surface area contributed by atoms with E-state index in [4.69, 9.17) is 21.3 Å². The molecule has 0 radical (unpaired) electrons. The summed E-state index contributed by atoms with van der Waals surface area (Å²) in [6.45, 7) is 3.76. The number of alkyl halides is 2. The number of likely N-dealkylation sites (tertiary alicyclic amines) is 1. The summed E-state index contributed by atoms with van der Waals surface area (Å²) < 4.78 is 55.1. The van der Waals surface area contributed by atoms with E-state index < -0.39 is 30.0 Å². The van der Waals surface area contributed by atoms with Crippen LogP contribution in [0.4, 0.5) is 36.3 Å². The van der Waals surface area contributed by atoms with Gasteiger partial charge in [-0.05, 0) is 131 Å². The molecule has 4 aliphatic heterocycles. The molecule has 1 spiro atoms. The molecule has 7 heterocycles. The number of aromatic nitrogens is 5. The van der Waals surface area contributed by atoms with Crippen LogP contribution >= 0.6 is 11.6 Å². The van der Waals surface area contributed by atoms with Crippen molar-refractivity contribution >= 4 is 68.4 Å². The summed E-state index contributed by atoms with van der Waals surface area (Å²) in [6, 6.07) is 8.07. The van der Waals surface area contributed by atoms with Gasteiger partial charge in [0.05, 0.1) is 35.1 Å². The lowest BCUT2D eigenvalue weighted by Crippen LogP contribution is -2.44. The molecule has 2 atom stereocenters. The van der Waals surface area contributed by atoms with E-state index in [0.717, 1.165) is 64.0 Å². The summed E-state index contributed by atoms with van der Waals surface area (Å²) in [5.41, 5.74) is 2.98. The number of fused-ring (bicyclic) bond motifs is 4. The monoisotopic (exact) mass is 940 g/mol. The number of halogens is 4. The molecule has 2 unspecified atom stereocenters. The number of carbonyl (C=O) groups excluding carboxylic acids is 2. The van der Waals surface area contributed by atoms with Crippen LogP contribution in [0.2, 0.25) is 5.02 Å². The summed E-state index contributed by atoms with van der Waals surface area (Å²) in [5.74, 6) is -3.12. The molecular formula is C49H56ClF3N10O4. The number of carbonyl (C=O) groups is 2. The van der Waals surface area contributed by atoms with E-state index >= 15 is 13.2 Å². The standard InChI is InChI=1S/C49H56ClF3N10O4/c1-60-36-9-5-30(23-34(36)40-42(46(60)66)67-26-49(52,53)43(57-40)29-3-4-29)55-44-35(50)24-54-47(58-44)63-21-17-48(18-22-63)15-11-27(12-16-48)25-62-19-13-28(14-20-62)31-6-7-32-39(59-61(2)41(32)38(31)51)33-8-10-37(64)56-45(33)65/h5-7,9,23-24,27-29,33,43,57H,3-4,8,10-22,25-26H2,1-2H3,(H,54,55,58)(H,56,64,65). The number of nitrogens with zero attached hydrogens (tertiary/aromatic N) is 7. The van der Waals surface area contributed by atoms with Crippen molar-refractivity contribution in [3.63, 3.8) is 0 Å². The van der Waals surface area contributed by atoms with Crippen LogP contribution in [0.15, 0.2) is 41.3 Å². The highest BCUT2D eigenvalue weighted by Gasteiger charge is 2.51. The molecule has 0 bridgehead atoms. The molecule has 5 fully saturated rings. The average Bonchev–Trinajstić information content (AvgIpc) is 4.12. The van der Waals surface area contributed by atoms with Gasteiger partial charge in [-0.3, -0.25) is 24.4 Å². The lowest BCUT2D eigenvalue weighted by atomic mass is 9.65. The molecule has 18 heteroatoms. The van der Waals surface area contributed by atoms with Gasteiger partial charge in [0, 0.05) is 56.6 Å². The summed E-state index contributed by atoms with van der Waals surface area (Å²) >= 11 is 6.67. The number of hydrogen-bond acceptors (Lipinski definition) is 11. The zero-order chi connectivity index (χ0) is 46.4. The number of aryl methyl sites for hydroxylation is 2. The fourth-order valence-corrected chi connectivity index (χ4v) is 12.0. The van der Waals surface area contributed by atoms with Crippen molar-refractivity contribution in [3.8, 4) is 5.75 Å². The Morgan fingerprint density at radius 2 is 1.69 bits per heavy atom. The average molecular weight is 941 g/mol. The first-order chi connectivity index (χ1) is 32.2. The van der Waals surface area contributed by atoms with Gasteiger partial charge in [-0.1, -0.05) is 23.7 Å². The van der Waals surface area contributed by atoms with Gasteiger partial charge in [0.15, 0.2) is 18.2 Å². The molecule has 11 rings (SSSR count). The maximum absolute atomic E-state index is 16.2. The van der Waals surface area contributed by atoms with Crippen LogP contribution < -0.4 is 31.1 Å². The minimum absolute atomic E-state index is 0.105. The Morgan fingerprint density at radius 1 is 0.925 bits per heavy atom. The summed E-state index contributed by atoms with van der Waals surface area (Å²) in [5, 5.41) is 14.9. The van der Waals surface area contributed by atoms with Crippen LogP contribution in [0.25, 0.3) is 21.8 Å². The number of piperidine rings is 3. The van der Waals surface area contributed by atoms with E-state index in [-0.39, 0.29) is 47.3 Å². The molecule has 3 aromatic heterocycles. The third kappa shape index (κ3) is 8.16. The van der Waals surface area contributed by atoms with E-state index in [1.54, 1.807) is 31.0 Å². The molecule has 3 saturated heterocycles. The van der Waals surface area contributed by atoms with Crippen LogP contribution in [-0.4, -0.2) is 92.3 Å². The van der Waals surface area contributed by atoms with Crippen LogP contribution in [0.3, 0.4) is 0 Å². The minimum Gasteiger partial charge on any atom is -0.480 e. The van der Waals surface area contributed by atoms with Gasteiger partial charge in [0.25, 0.3) is 5.56 Å². The van der Waals surface area contributed by atoms with Crippen LogP contribution in [-0.2, 0) is 23.7 Å². The van der Waals surface area contributed by atoms with Crippen molar-refractivity contribution in [3.05, 3.63) is 69.0 Å². The Balaban J connectivity index is 0.691. The number of rotatable bonds is 8. The van der Waals surface area contributed by atoms with Crippen molar-refractivity contribution in [1.29, 1.82) is 0 Å². The number of anilines is 4. The maximum atomic E-state index is 16.2. The predicted molar refractivity (Wildman–Crippen MR) is 250 cm³/mol. The number of imide groups is 1. The molecule has 14 nitrogen and oxygen atoms in total. The Morgan fingerprint density at radius 3 is 2.42 bits per heavy atom. The van der Waals surface area contributed by atoms with E-state index in [2.05, 4.69) is 35.8 Å². The number of hydrogen-bond donors (Lipinski definition) is 3. The van der Waals surface area contributed by atoms with Crippen LogP contribution in [0.5, 0.6) is 5.75 Å². The first kappa shape index (κ1) is 44.1. The van der Waals surface area contributed by atoms with Gasteiger partial charge in [0.1, 0.15) is 10.5 Å². The lowest BCUT2D eigenvalue weighted by Gasteiger charge is -2.47. The Bertz CT molecular complexity index is 2840. The number of benzene rings is 2. The van der Waals surface area contributed by atoms with Crippen LogP contribution in [0, 0.1) is 23.1 Å². The van der Waals surface area contributed by atoms with Crippen molar-refractivity contribution in [2.24, 2.45) is 31.3 Å². The van der Waals surface area contributed by atoms with Crippen molar-refractivity contribution in [2.45, 2.75) is 101 Å². The molecule has 67 heavy (non-hydrogen) atoms. The molecule has 354 valence electrons. The normalized spacial score (nSPS) is 23.8. The SMILES string of the molecule is Cn1nc(C2CCC(=O)NC2=O)c2ccc(C3CCN(CC4CCC5(CC4)CCN(c4ncc(Cl)c(Nc6ccc7c(c6)c6c(c(=O)n7C)OCC(F)(F)C(C7CC7)N6)n4)CC5)CC3)c(F)c21. The van der Waals surface area contributed by atoms with E-state index in [9.17, 15) is 14.4 Å². The fourth-order valence-electron chi connectivity index (χ4n) is 11.9. The topological polar surface area (TPSA) is 152 Å². The minimum atomic E-state index is -3.13. The van der Waals surface area contributed by atoms with E-state index in [1.165, 1.54) is 30.3 Å². The zero-order valence-electron chi connectivity index (χ0n) is 37.9. The molecule has 6 aliphatic rings. The third-order valence-corrected chi connectivity index (χ3v) is 16.3. The van der Waals surface area contributed by atoms with Gasteiger partial charge in [-0.15, -0.1) is 0 Å². The molecule has 2 amide bonds. The zero-order valence-corrected chi connectivity index (χ0v) is 38.6. The first-order valence-electron chi connectivity index (χ1n) is 23.9. The van der Waals surface area contributed by atoms with Gasteiger partial charge in [-0.25, -0.2) is 18.2 Å². The number of pyridine rings is 1. The molecule has 2 saturated carbocycles. The third-order valence-electron chi connectivity index (χ3n) is 16.0. The van der Waals surface area contributed by atoms with E-state index in [1.807, 2.05) is 24.3 Å². The van der Waals surface area contributed by atoms with Gasteiger partial charge in [-0.2, -0.15) is 10.1 Å². The first-order valence-corrected chi connectivity index (χ1v) is 24.3. The van der Waals surface area contributed by atoms with Gasteiger partial charge >= 0.3 is 5.92 Å². The second kappa shape index (κ2) is 17.0. The fraction of sp³-hybridized carbons (Fsp3) is 0.551. The van der Waals surface area contributed by atoms with Crippen molar-refractivity contribution in [1.82, 2.24) is 34.5 Å². The Hall–Kier alpha value is -5.42. The smallest absolute Gasteiger partial charge is 0.301 e. The largest absolute Gasteiger partial charge is 0.480 e. The Kier molecular flexibility index (Phi) is 11.2. The predicted octanol–water partition coefficient (Wildman–Crippen LogP) is 8.15. The molecule has 2 aliphatic carbocycles. The summed E-state index contributed by atoms with van der Waals surface area (Å²) in [4.78, 5) is 51.9. The molecule has 5 aromatic rings. The van der Waals surface area contributed by atoms with E-state index in [0.29, 0.717) is 80.6 Å². The molecule has 2 aromatic carbocycles. The number of amides is 2. The van der Waals surface area contributed by atoms with Crippen LogP contribution in [0.1, 0.15) is 100 Å². The Labute approximate surface area is 391 Å². The number of nitrogens with one attached hydrogen (secondary N) is 3. The number of ether oxygens (including phenoxy) is 1. The molecule has 3 N–H and O–H groups in total. The van der Waals surface area contributed by atoms with Gasteiger partial charge in [0.2, 0.25) is 23.5 Å². The van der Waals surface area contributed by atoms with Crippen molar-refractivity contribution < 1.29 is 27.5 Å². The summed E-state index contributed by atoms with van der Waals surface area (Å²) in [7, 11) is 3.33. The van der Waals surface area contributed by atoms with Gasteiger partial charge < -0.3 is 29.7 Å². The lowest BCUT2D eigenvalue weighted by molar-refractivity contribution is -0.134. The quantitative estimate of drug-likeness (QED) is 0.129. The van der Waals surface area contributed by atoms with Crippen molar-refractivity contribution in [2.75, 3.05) is 54.9 Å².